The molecule has 1 aromatic rings. The molecule has 2 rings (SSSR count). The van der Waals surface area contributed by atoms with Gasteiger partial charge >= 0.3 is 6.09 Å². The SMILES string of the molecule is O=C([O-])COC1CCN(C(=O)OCc2ccccc2)CC1. The van der Waals surface area contributed by atoms with E-state index in [-0.39, 0.29) is 18.8 Å². The highest BCUT2D eigenvalue weighted by molar-refractivity contribution is 5.67. The van der Waals surface area contributed by atoms with Crippen LogP contribution in [-0.2, 0) is 20.9 Å². The number of carbonyl (C=O) groups excluding carboxylic acids is 2. The van der Waals surface area contributed by atoms with Crippen LogP contribution in [-0.4, -0.2) is 42.8 Å². The van der Waals surface area contributed by atoms with E-state index in [9.17, 15) is 14.7 Å². The number of aliphatic carboxylic acids is 1. The van der Waals surface area contributed by atoms with Crippen molar-refractivity contribution in [1.82, 2.24) is 4.90 Å². The molecule has 1 aromatic carbocycles. The minimum absolute atomic E-state index is 0.138. The summed E-state index contributed by atoms with van der Waals surface area (Å²) in [5, 5.41) is 10.3. The zero-order valence-electron chi connectivity index (χ0n) is 11.7. The number of piperidine rings is 1. The Bertz CT molecular complexity index is 468. The van der Waals surface area contributed by atoms with Crippen LogP contribution in [0.25, 0.3) is 0 Å². The van der Waals surface area contributed by atoms with Crippen LogP contribution in [0, 0.1) is 0 Å². The van der Waals surface area contributed by atoms with Gasteiger partial charge in [0.15, 0.2) is 0 Å². The smallest absolute Gasteiger partial charge is 0.410 e. The van der Waals surface area contributed by atoms with Gasteiger partial charge in [-0.1, -0.05) is 30.3 Å². The summed E-state index contributed by atoms with van der Waals surface area (Å²) in [4.78, 5) is 23.8. The van der Waals surface area contributed by atoms with E-state index >= 15 is 0 Å². The quantitative estimate of drug-likeness (QED) is 0.792. The fraction of sp³-hybridized carbons (Fsp3) is 0.467. The monoisotopic (exact) mass is 292 g/mol. The summed E-state index contributed by atoms with van der Waals surface area (Å²) in [5.41, 5.74) is 0.943. The van der Waals surface area contributed by atoms with Crippen molar-refractivity contribution in [2.24, 2.45) is 0 Å². The Morgan fingerprint density at radius 2 is 1.86 bits per heavy atom. The molecule has 0 atom stereocenters. The van der Waals surface area contributed by atoms with Crippen LogP contribution in [0.15, 0.2) is 30.3 Å². The minimum Gasteiger partial charge on any atom is -0.548 e. The van der Waals surface area contributed by atoms with Gasteiger partial charge in [0.2, 0.25) is 0 Å². The number of amides is 1. The molecule has 6 nitrogen and oxygen atoms in total. The molecule has 21 heavy (non-hydrogen) atoms. The summed E-state index contributed by atoms with van der Waals surface area (Å²) in [5.74, 6) is -1.22. The van der Waals surface area contributed by atoms with Gasteiger partial charge in [0, 0.05) is 13.1 Å². The van der Waals surface area contributed by atoms with E-state index in [1.54, 1.807) is 4.90 Å². The van der Waals surface area contributed by atoms with Crippen molar-refractivity contribution in [1.29, 1.82) is 0 Å². The van der Waals surface area contributed by atoms with Gasteiger partial charge in [0.05, 0.1) is 18.7 Å². The third-order valence-corrected chi connectivity index (χ3v) is 3.34. The van der Waals surface area contributed by atoms with Crippen molar-refractivity contribution < 1.29 is 24.2 Å². The van der Waals surface area contributed by atoms with Gasteiger partial charge in [-0.15, -0.1) is 0 Å². The first-order valence-electron chi connectivity index (χ1n) is 6.92. The van der Waals surface area contributed by atoms with Crippen LogP contribution in [0.5, 0.6) is 0 Å². The van der Waals surface area contributed by atoms with Crippen molar-refractivity contribution in [3.8, 4) is 0 Å². The Balaban J connectivity index is 1.69. The molecule has 114 valence electrons. The number of carbonyl (C=O) groups is 2. The van der Waals surface area contributed by atoms with Gasteiger partial charge in [-0.25, -0.2) is 4.79 Å². The number of benzene rings is 1. The Hall–Kier alpha value is -2.08. The summed E-state index contributed by atoms with van der Waals surface area (Å²) in [6.07, 6.45) is 0.722. The highest BCUT2D eigenvalue weighted by atomic mass is 16.6. The lowest BCUT2D eigenvalue weighted by molar-refractivity contribution is -0.310. The van der Waals surface area contributed by atoms with E-state index in [2.05, 4.69) is 0 Å². The number of ether oxygens (including phenoxy) is 2. The van der Waals surface area contributed by atoms with Gasteiger partial charge < -0.3 is 24.3 Å². The lowest BCUT2D eigenvalue weighted by Crippen LogP contribution is -2.42. The third-order valence-electron chi connectivity index (χ3n) is 3.34. The summed E-state index contributed by atoms with van der Waals surface area (Å²) < 4.78 is 10.4. The fourth-order valence-corrected chi connectivity index (χ4v) is 2.20. The lowest BCUT2D eigenvalue weighted by atomic mass is 10.1. The Kier molecular flexibility index (Phi) is 5.57. The average Bonchev–Trinajstić information content (AvgIpc) is 2.52. The van der Waals surface area contributed by atoms with E-state index < -0.39 is 12.6 Å². The predicted octanol–water partition coefficient (Wildman–Crippen LogP) is 0.554. The molecule has 0 radical (unpaired) electrons. The maximum atomic E-state index is 11.9. The number of hydrogen-bond acceptors (Lipinski definition) is 5. The summed E-state index contributed by atoms with van der Waals surface area (Å²) in [6.45, 7) is 0.862. The minimum atomic E-state index is -1.22. The molecule has 1 amide bonds. The standard InChI is InChI=1S/C15H19NO5/c17-14(18)11-20-13-6-8-16(9-7-13)15(19)21-10-12-4-2-1-3-5-12/h1-5,13H,6-11H2,(H,17,18)/p-1. The number of rotatable bonds is 5. The van der Waals surface area contributed by atoms with Crippen molar-refractivity contribution in [3.63, 3.8) is 0 Å². The maximum Gasteiger partial charge on any atom is 0.410 e. The van der Waals surface area contributed by atoms with Gasteiger partial charge in [-0.05, 0) is 18.4 Å². The number of carboxylic acids is 1. The second-order valence-corrected chi connectivity index (χ2v) is 4.91. The number of likely N-dealkylation sites (tertiary alicyclic amines) is 1. The molecule has 6 heteroatoms. The molecule has 0 unspecified atom stereocenters. The summed E-state index contributed by atoms with van der Waals surface area (Å²) in [7, 11) is 0. The summed E-state index contributed by atoms with van der Waals surface area (Å²) >= 11 is 0. The topological polar surface area (TPSA) is 78.9 Å². The molecule has 1 saturated heterocycles. The molecule has 0 spiro atoms. The van der Waals surface area contributed by atoms with E-state index in [0.29, 0.717) is 25.9 Å². The number of nitrogens with zero attached hydrogens (tertiary/aromatic N) is 1. The van der Waals surface area contributed by atoms with Gasteiger partial charge in [-0.3, -0.25) is 0 Å². The van der Waals surface area contributed by atoms with Crippen LogP contribution in [0.4, 0.5) is 4.79 Å². The first kappa shape index (κ1) is 15.3. The molecular formula is C15H18NO5-. The Morgan fingerprint density at radius 1 is 1.19 bits per heavy atom. The first-order chi connectivity index (χ1) is 10.1. The summed E-state index contributed by atoms with van der Waals surface area (Å²) in [6, 6.07) is 9.48. The highest BCUT2D eigenvalue weighted by Crippen LogP contribution is 2.15. The molecular weight excluding hydrogens is 274 g/mol. The number of hydrogen-bond donors (Lipinski definition) is 0. The molecule has 1 heterocycles. The van der Waals surface area contributed by atoms with Crippen LogP contribution in [0.3, 0.4) is 0 Å². The largest absolute Gasteiger partial charge is 0.548 e. The third kappa shape index (κ3) is 5.07. The van der Waals surface area contributed by atoms with E-state index in [1.165, 1.54) is 0 Å². The van der Waals surface area contributed by atoms with Crippen LogP contribution in [0.1, 0.15) is 18.4 Å². The molecule has 0 bridgehead atoms. The Labute approximate surface area is 123 Å². The van der Waals surface area contributed by atoms with Gasteiger partial charge in [0.25, 0.3) is 0 Å². The zero-order valence-corrected chi connectivity index (χ0v) is 11.7. The van der Waals surface area contributed by atoms with Crippen LogP contribution < -0.4 is 5.11 Å². The highest BCUT2D eigenvalue weighted by Gasteiger charge is 2.24. The van der Waals surface area contributed by atoms with Gasteiger partial charge in [0.1, 0.15) is 6.61 Å². The van der Waals surface area contributed by atoms with Crippen molar-refractivity contribution in [2.45, 2.75) is 25.6 Å². The second-order valence-electron chi connectivity index (χ2n) is 4.91. The zero-order chi connectivity index (χ0) is 15.1. The van der Waals surface area contributed by atoms with Crippen molar-refractivity contribution >= 4 is 12.1 Å². The average molecular weight is 292 g/mol. The molecule has 1 aliphatic heterocycles. The molecule has 0 aliphatic carbocycles. The maximum absolute atomic E-state index is 11.9. The first-order valence-corrected chi connectivity index (χ1v) is 6.92. The number of carboxylic acid groups (broad SMARTS) is 1. The van der Waals surface area contributed by atoms with Crippen LogP contribution in [0.2, 0.25) is 0 Å². The molecule has 0 aromatic heterocycles. The lowest BCUT2D eigenvalue weighted by Gasteiger charge is -2.31. The van der Waals surface area contributed by atoms with E-state index in [4.69, 9.17) is 9.47 Å². The van der Waals surface area contributed by atoms with Gasteiger partial charge in [-0.2, -0.15) is 0 Å². The molecule has 1 aliphatic rings. The second kappa shape index (κ2) is 7.64. The van der Waals surface area contributed by atoms with Crippen LogP contribution >= 0.6 is 0 Å². The predicted molar refractivity (Wildman–Crippen MR) is 72.2 cm³/mol. The molecule has 1 fully saturated rings. The van der Waals surface area contributed by atoms with Crippen molar-refractivity contribution in [3.05, 3.63) is 35.9 Å². The van der Waals surface area contributed by atoms with E-state index in [1.807, 2.05) is 30.3 Å². The Morgan fingerprint density at radius 3 is 2.48 bits per heavy atom. The molecule has 0 N–H and O–H groups in total. The molecule has 0 saturated carbocycles. The van der Waals surface area contributed by atoms with E-state index in [0.717, 1.165) is 5.56 Å². The van der Waals surface area contributed by atoms with Crippen molar-refractivity contribution in [2.75, 3.05) is 19.7 Å². The fourth-order valence-electron chi connectivity index (χ4n) is 2.20. The normalized spacial score (nSPS) is 15.7.